The molecule has 38 heteroatoms. The van der Waals surface area contributed by atoms with E-state index in [4.69, 9.17) is 22.9 Å². The summed E-state index contributed by atoms with van der Waals surface area (Å²) in [4.78, 5) is 207. The van der Waals surface area contributed by atoms with Gasteiger partial charge in [-0.05, 0) is 132 Å². The quantitative estimate of drug-likeness (QED) is 0.0128. The van der Waals surface area contributed by atoms with Crippen molar-refractivity contribution in [2.45, 2.75) is 204 Å². The van der Waals surface area contributed by atoms with E-state index in [-0.39, 0.29) is 88.6 Å². The minimum atomic E-state index is -1.74. The molecule has 572 valence electrons. The van der Waals surface area contributed by atoms with E-state index in [1.54, 1.807) is 59.9 Å². The van der Waals surface area contributed by atoms with Crippen LogP contribution in [0.2, 0.25) is 0 Å². The molecule has 1 aromatic carbocycles. The predicted molar refractivity (Wildman–Crippen MR) is 378 cm³/mol. The Hall–Kier alpha value is -9.04. The fraction of sp³-hybridized carbons (Fsp3) is 0.656. The van der Waals surface area contributed by atoms with Crippen LogP contribution in [0.25, 0.3) is 0 Å². The second-order valence-electron chi connectivity index (χ2n) is 25.8. The van der Waals surface area contributed by atoms with E-state index in [9.17, 15) is 92.3 Å². The highest BCUT2D eigenvalue weighted by Crippen LogP contribution is 2.21. The lowest BCUT2D eigenvalue weighted by atomic mass is 10.00. The summed E-state index contributed by atoms with van der Waals surface area (Å²) in [6, 6.07) is -10.8. The molecule has 2 rings (SSSR count). The first-order valence-electron chi connectivity index (χ1n) is 33.6. The first-order valence-corrected chi connectivity index (χ1v) is 35.6. The van der Waals surface area contributed by atoms with Gasteiger partial charge in [-0.2, -0.15) is 24.4 Å². The van der Waals surface area contributed by atoms with Crippen molar-refractivity contribution in [2.75, 3.05) is 43.9 Å². The Bertz CT molecular complexity index is 3070. The number of carbonyl (C=O) groups excluding carboxylic acids is 12. The number of nitrogens with two attached hydrogens (primary N) is 4. The van der Waals surface area contributed by atoms with Gasteiger partial charge in [0.25, 0.3) is 0 Å². The van der Waals surface area contributed by atoms with E-state index in [0.717, 1.165) is 0 Å². The molecule has 1 fully saturated rings. The third kappa shape index (κ3) is 32.3. The van der Waals surface area contributed by atoms with Crippen LogP contribution in [0.3, 0.4) is 0 Å². The van der Waals surface area contributed by atoms with Crippen molar-refractivity contribution in [2.24, 2.45) is 45.7 Å². The maximum absolute atomic E-state index is 14.3. The number of likely N-dealkylation sites (tertiary alicyclic amines) is 1. The van der Waals surface area contributed by atoms with E-state index >= 15 is 0 Å². The van der Waals surface area contributed by atoms with E-state index in [1.165, 1.54) is 35.7 Å². The van der Waals surface area contributed by atoms with E-state index in [2.05, 4.69) is 76.1 Å². The van der Waals surface area contributed by atoms with Crippen LogP contribution in [0.15, 0.2) is 29.3 Å². The Morgan fingerprint density at radius 3 is 1.62 bits per heavy atom. The monoisotopic (exact) mass is 1480 g/mol. The maximum Gasteiger partial charge on any atom is 0.325 e. The highest BCUT2D eigenvalue weighted by molar-refractivity contribution is 7.98. The van der Waals surface area contributed by atoms with Crippen LogP contribution < -0.4 is 81.4 Å². The van der Waals surface area contributed by atoms with Gasteiger partial charge in [-0.1, -0.05) is 53.7 Å². The van der Waals surface area contributed by atoms with Crippen LogP contribution in [-0.4, -0.2) is 237 Å². The van der Waals surface area contributed by atoms with Gasteiger partial charge >= 0.3 is 17.9 Å². The number of unbranched alkanes of at least 4 members (excludes halogenated alkanes) is 1. The zero-order valence-electron chi connectivity index (χ0n) is 58.9. The van der Waals surface area contributed by atoms with E-state index in [0.29, 0.717) is 24.2 Å². The van der Waals surface area contributed by atoms with Crippen LogP contribution in [0.5, 0.6) is 5.75 Å². The number of nitrogens with one attached hydrogen (secondary N) is 11. The number of carboxylic acid groups (broad SMARTS) is 3. The predicted octanol–water partition coefficient (Wildman–Crippen LogP) is -4.12. The second-order valence-corrected chi connectivity index (χ2v) is 27.1. The fourth-order valence-corrected chi connectivity index (χ4v) is 11.2. The van der Waals surface area contributed by atoms with Crippen LogP contribution in [0, 0.1) is 17.8 Å². The van der Waals surface area contributed by atoms with Crippen molar-refractivity contribution in [3.63, 3.8) is 0 Å². The third-order valence-electron chi connectivity index (χ3n) is 16.1. The molecule has 0 unspecified atom stereocenters. The van der Waals surface area contributed by atoms with Crippen molar-refractivity contribution in [3.8, 4) is 5.75 Å². The molecule has 0 saturated carbocycles. The number of phenolic OH excluding ortho intramolecular Hbond substituents is 1. The number of amides is 12. The van der Waals surface area contributed by atoms with Crippen LogP contribution in [0.1, 0.15) is 131 Å². The lowest BCUT2D eigenvalue weighted by Gasteiger charge is -2.29. The Morgan fingerprint density at radius 2 is 1.10 bits per heavy atom. The lowest BCUT2D eigenvalue weighted by Crippen LogP contribution is -2.61. The Balaban J connectivity index is 2.32. The van der Waals surface area contributed by atoms with Crippen molar-refractivity contribution < 1.29 is 92.3 Å². The number of thiol groups is 1. The molecule has 1 heterocycles. The van der Waals surface area contributed by atoms with Gasteiger partial charge in [0.2, 0.25) is 70.9 Å². The number of guanidine groups is 1. The van der Waals surface area contributed by atoms with Crippen molar-refractivity contribution in [3.05, 3.63) is 29.8 Å². The summed E-state index contributed by atoms with van der Waals surface area (Å²) >= 11 is 5.59. The van der Waals surface area contributed by atoms with Crippen molar-refractivity contribution >= 4 is 119 Å². The maximum atomic E-state index is 14.3. The molecule has 0 aliphatic carbocycles. The van der Waals surface area contributed by atoms with Crippen LogP contribution >= 0.6 is 24.4 Å². The normalized spacial score (nSPS) is 15.9. The molecular formula is C64H105N17O19S2. The number of nitrogens with zero attached hydrogens (tertiary/aromatic N) is 2. The molecule has 1 aliphatic rings. The number of phenols is 1. The van der Waals surface area contributed by atoms with Gasteiger partial charge in [-0.25, -0.2) is 0 Å². The zero-order valence-corrected chi connectivity index (χ0v) is 60.6. The van der Waals surface area contributed by atoms with E-state index in [1.807, 2.05) is 0 Å². The number of carboxylic acids is 3. The Kier molecular flexibility index (Phi) is 39.9. The van der Waals surface area contributed by atoms with Crippen molar-refractivity contribution in [1.82, 2.24) is 63.4 Å². The number of aliphatic imine (C=N–C) groups is 1. The number of hydrogen-bond acceptors (Lipinski definition) is 21. The topological polar surface area (TPSA) is 589 Å². The highest BCUT2D eigenvalue weighted by atomic mass is 32.2. The van der Waals surface area contributed by atoms with Crippen molar-refractivity contribution in [1.29, 1.82) is 0 Å². The summed E-state index contributed by atoms with van der Waals surface area (Å²) in [6.45, 7) is 10.4. The SMILES string of the molecule is CSCC[C@H](NC(=O)[C@H](CCCCN)NC(=O)[C@H](CCC(=O)O)NC(=O)[C@H](CS)NC(=O)[C@@H](NC(=O)[C@H](CCCN=C(N)N)NC(=O)[C@@H](NC(=O)CNC(=O)[C@H](CC(C)C)NC(=O)[C@H](CC(=O)O)NC(=O)[C@@H]1CCCN1C(=O)[C@@H](N)Cc1ccc(O)cc1)C(C)C)C(C)C)C(=O)N[C@@H](C)C(=O)O. The van der Waals surface area contributed by atoms with Crippen LogP contribution in [0.4, 0.5) is 0 Å². The summed E-state index contributed by atoms with van der Waals surface area (Å²) in [7, 11) is 0. The summed E-state index contributed by atoms with van der Waals surface area (Å²) in [5.74, 6) is -17.1. The third-order valence-corrected chi connectivity index (χ3v) is 17.1. The van der Waals surface area contributed by atoms with Gasteiger partial charge in [0.1, 0.15) is 72.2 Å². The molecule has 36 nitrogen and oxygen atoms in total. The van der Waals surface area contributed by atoms with Gasteiger partial charge in [-0.15, -0.1) is 0 Å². The molecule has 1 aromatic rings. The first-order chi connectivity index (χ1) is 47.9. The lowest BCUT2D eigenvalue weighted by molar-refractivity contribution is -0.143. The molecule has 0 spiro atoms. The largest absolute Gasteiger partial charge is 0.508 e. The Morgan fingerprint density at radius 1 is 0.598 bits per heavy atom. The summed E-state index contributed by atoms with van der Waals surface area (Å²) in [6.07, 6.45) is 0.815. The minimum Gasteiger partial charge on any atom is -0.508 e. The molecule has 1 aliphatic heterocycles. The van der Waals surface area contributed by atoms with Crippen LogP contribution in [-0.2, 0) is 78.3 Å². The Labute approximate surface area is 602 Å². The van der Waals surface area contributed by atoms with Gasteiger partial charge in [0.15, 0.2) is 5.96 Å². The molecule has 12 amide bonds. The second kappa shape index (κ2) is 45.7. The number of hydrogen-bond donors (Lipinski definition) is 20. The summed E-state index contributed by atoms with van der Waals surface area (Å²) in [5.41, 5.74) is 23.6. The average molecular weight is 1480 g/mol. The number of carbonyl (C=O) groups is 15. The number of benzene rings is 1. The fourth-order valence-electron chi connectivity index (χ4n) is 10.4. The first kappa shape index (κ1) is 89.0. The summed E-state index contributed by atoms with van der Waals surface area (Å²) in [5, 5.41) is 65.7. The number of rotatable bonds is 47. The minimum absolute atomic E-state index is 0.00940. The molecule has 0 bridgehead atoms. The molecule has 102 heavy (non-hydrogen) atoms. The molecule has 0 radical (unpaired) electrons. The average Bonchev–Trinajstić information content (AvgIpc) is 1.61. The van der Waals surface area contributed by atoms with E-state index < -0.39 is 205 Å². The molecule has 12 atom stereocenters. The number of aliphatic carboxylic acids is 3. The molecular weight excluding hydrogens is 1370 g/mol. The molecule has 0 aromatic heterocycles. The number of aromatic hydroxyl groups is 1. The number of thioether (sulfide) groups is 1. The zero-order chi connectivity index (χ0) is 77.1. The van der Waals surface area contributed by atoms with Gasteiger partial charge in [0.05, 0.1) is 19.0 Å². The van der Waals surface area contributed by atoms with Gasteiger partial charge in [0, 0.05) is 25.3 Å². The molecule has 23 N–H and O–H groups in total. The standard InChI is InChI=1S/C64H105N17O19S2/c1-32(2)27-43(76-57(93)44(29-49(86)87)77-59(95)46-15-12-25-81(46)62(98)38(66)28-36-16-18-37(82)19-17-36)52(88)70-30-47(83)79-50(33(3)4)60(96)75-40(14-11-24-69-64(67)68)56(92)80-51(34(5)6)61(97)78-45(31-101)58(94)73-41(20-21-48(84)85)55(91)72-39(13-9-10-23-65)54(90)74-42(22-26-102-8)53(89)71-35(7)63(99)100/h16-19,32-35,38-46,50-51,82,101H,9-15,20-31,65-66H2,1-8H3,(H,70,88)(H,71,89)(H,72,91)(H,73,94)(H,74,90)(H,75,96)(H,76,93)(H,77,95)(H,78,97)(H,79,83)(H,80,92)(H,84,85)(H,86,87)(H,99,100)(H4,67,68,69)/t35-,38-,39-,40-,41-,42-,43-,44-,45-,46-,50-,51-/m0/s1. The van der Waals surface area contributed by atoms with Gasteiger partial charge < -0.3 is 107 Å². The molecule has 1 saturated heterocycles. The van der Waals surface area contributed by atoms with Gasteiger partial charge in [-0.3, -0.25) is 76.9 Å². The summed E-state index contributed by atoms with van der Waals surface area (Å²) < 4.78 is 0. The smallest absolute Gasteiger partial charge is 0.325 e. The highest BCUT2D eigenvalue weighted by Gasteiger charge is 2.40.